The van der Waals surface area contributed by atoms with Gasteiger partial charge in [0.15, 0.2) is 0 Å². The van der Waals surface area contributed by atoms with Crippen LogP contribution in [0.1, 0.15) is 65.3 Å². The van der Waals surface area contributed by atoms with Crippen molar-refractivity contribution in [3.8, 4) is 5.75 Å². The van der Waals surface area contributed by atoms with Gasteiger partial charge in [-0.1, -0.05) is 19.1 Å². The number of rotatable bonds is 6. The summed E-state index contributed by atoms with van der Waals surface area (Å²) in [5, 5.41) is 5.89. The van der Waals surface area contributed by atoms with Crippen molar-refractivity contribution in [1.82, 2.24) is 10.6 Å². The van der Waals surface area contributed by atoms with Crippen molar-refractivity contribution >= 4 is 11.8 Å². The molecule has 5 aliphatic rings. The first-order valence-corrected chi connectivity index (χ1v) is 13.8. The molecule has 6 rings (SSSR count). The largest absolute Gasteiger partial charge is 0.497 e. The maximum absolute atomic E-state index is 13.3. The molecule has 2 unspecified atom stereocenters. The molecule has 1 saturated heterocycles. The van der Waals surface area contributed by atoms with Gasteiger partial charge in [-0.15, -0.1) is 0 Å². The monoisotopic (exact) mass is 510 g/mol. The summed E-state index contributed by atoms with van der Waals surface area (Å²) >= 11 is 0. The van der Waals surface area contributed by atoms with Crippen LogP contribution in [0.3, 0.4) is 0 Å². The second kappa shape index (κ2) is 9.91. The summed E-state index contributed by atoms with van der Waals surface area (Å²) in [6.07, 6.45) is 12.3. The van der Waals surface area contributed by atoms with E-state index in [1.807, 2.05) is 18.2 Å². The summed E-state index contributed by atoms with van der Waals surface area (Å²) in [6.45, 7) is 3.11. The molecule has 3 fully saturated rings. The van der Waals surface area contributed by atoms with E-state index in [2.05, 4.69) is 35.8 Å². The molecule has 4 aliphatic carbocycles. The van der Waals surface area contributed by atoms with E-state index in [1.54, 1.807) is 7.11 Å². The van der Waals surface area contributed by atoms with Crippen molar-refractivity contribution in [2.24, 2.45) is 23.2 Å². The smallest absolute Gasteiger partial charge is 0.319 e. The van der Waals surface area contributed by atoms with Gasteiger partial charge in [-0.25, -0.2) is 4.79 Å². The first-order chi connectivity index (χ1) is 18.0. The highest BCUT2D eigenvalue weighted by molar-refractivity contribution is 5.87. The summed E-state index contributed by atoms with van der Waals surface area (Å²) in [4.78, 5) is 25.7. The second-order valence-electron chi connectivity index (χ2n) is 11.6. The third-order valence-electron chi connectivity index (χ3n) is 9.73. The van der Waals surface area contributed by atoms with Gasteiger partial charge in [-0.2, -0.15) is 0 Å². The number of carbonyl (C=O) groups excluding carboxylic acids is 2. The molecule has 0 bridgehead atoms. The van der Waals surface area contributed by atoms with Crippen LogP contribution in [0, 0.1) is 23.2 Å². The van der Waals surface area contributed by atoms with Gasteiger partial charge in [0.1, 0.15) is 30.5 Å². The molecule has 202 valence electrons. The molecular formula is C30H42N2O5. The first-order valence-electron chi connectivity index (χ1n) is 13.8. The summed E-state index contributed by atoms with van der Waals surface area (Å²) < 4.78 is 16.4. The maximum Gasteiger partial charge on any atom is 0.319 e. The molecule has 0 radical (unpaired) electrons. The summed E-state index contributed by atoms with van der Waals surface area (Å²) in [5.74, 6) is 3.32. The molecule has 1 aliphatic heterocycles. The summed E-state index contributed by atoms with van der Waals surface area (Å²) in [7, 11) is 1.73. The van der Waals surface area contributed by atoms with Crippen LogP contribution < -0.4 is 15.4 Å². The van der Waals surface area contributed by atoms with Crippen LogP contribution in [0.25, 0.3) is 0 Å². The van der Waals surface area contributed by atoms with E-state index in [0.29, 0.717) is 42.4 Å². The van der Waals surface area contributed by atoms with Crippen LogP contribution in [0.15, 0.2) is 42.1 Å². The number of aryl methyl sites for hydroxylation is 1. The van der Waals surface area contributed by atoms with E-state index in [0.717, 1.165) is 50.0 Å². The number of ketones is 1. The predicted octanol–water partition coefficient (Wildman–Crippen LogP) is 5.11. The van der Waals surface area contributed by atoms with Crippen molar-refractivity contribution in [2.45, 2.75) is 70.0 Å². The normalized spacial score (nSPS) is 35.6. The Hall–Kier alpha value is -2.64. The number of fused-ring (bicyclic) bond motifs is 6. The van der Waals surface area contributed by atoms with Crippen LogP contribution in [-0.4, -0.2) is 44.5 Å². The van der Waals surface area contributed by atoms with E-state index in [4.69, 9.17) is 14.2 Å². The van der Waals surface area contributed by atoms with E-state index in [-0.39, 0.29) is 33.3 Å². The molecule has 2 saturated carbocycles. The molecule has 0 aromatic heterocycles. The topological polar surface area (TPSA) is 85.9 Å². The standard InChI is InChI=1S/C30H38N2O5.2H2/c1-30-12-11-23-22-9-7-21(35-2)14-18(22)5-8-24(23)28(30)19(15-27(30)33)4-3-13-31-29(34)32-20-6-10-25-26(16-20)37-17-36-25;;/h6-7,9-10,14,16,19,23-26,28H,3-5,8,11-13,15,17H2,1-2H3,(H2,31,32,34);2*1H/t19-,23-,24-,25?,26?,28+,30-;;/m1../s1. The number of methoxy groups -OCH3 is 1. The lowest BCUT2D eigenvalue weighted by atomic mass is 9.54. The molecule has 37 heavy (non-hydrogen) atoms. The Morgan fingerprint density at radius 3 is 2.97 bits per heavy atom. The van der Waals surface area contributed by atoms with Crippen LogP contribution in [0.2, 0.25) is 0 Å². The summed E-state index contributed by atoms with van der Waals surface area (Å²) in [6, 6.07) is 6.36. The van der Waals surface area contributed by atoms with E-state index < -0.39 is 0 Å². The molecule has 1 aromatic carbocycles. The number of allylic oxidation sites excluding steroid dienone is 1. The fourth-order valence-corrected chi connectivity index (χ4v) is 7.96. The maximum atomic E-state index is 13.3. The van der Waals surface area contributed by atoms with E-state index in [9.17, 15) is 9.59 Å². The minimum atomic E-state index is -0.211. The average molecular weight is 511 g/mol. The summed E-state index contributed by atoms with van der Waals surface area (Å²) in [5.41, 5.74) is 3.43. The number of carbonyl (C=O) groups is 2. The lowest BCUT2D eigenvalue weighted by Gasteiger charge is -2.50. The number of nitrogens with one attached hydrogen (secondary N) is 2. The number of Topliss-reactive ketones (excluding diaryl/α,β-unsaturated/α-hetero) is 1. The highest BCUT2D eigenvalue weighted by atomic mass is 16.7. The van der Waals surface area contributed by atoms with Crippen LogP contribution in [-0.2, 0) is 20.7 Å². The van der Waals surface area contributed by atoms with Gasteiger partial charge in [0, 0.05) is 26.9 Å². The molecule has 7 atom stereocenters. The molecule has 2 N–H and O–H groups in total. The highest BCUT2D eigenvalue weighted by Crippen LogP contribution is 2.62. The van der Waals surface area contributed by atoms with Crippen LogP contribution in [0.4, 0.5) is 4.79 Å². The number of ether oxygens (including phenoxy) is 3. The van der Waals surface area contributed by atoms with Gasteiger partial charge >= 0.3 is 6.03 Å². The number of benzene rings is 1. The minimum absolute atomic E-state index is 0. The molecule has 1 heterocycles. The zero-order valence-corrected chi connectivity index (χ0v) is 21.8. The van der Waals surface area contributed by atoms with Crippen molar-refractivity contribution in [2.75, 3.05) is 20.4 Å². The lowest BCUT2D eigenvalue weighted by molar-refractivity contribution is -0.129. The predicted molar refractivity (Wildman–Crippen MR) is 143 cm³/mol. The van der Waals surface area contributed by atoms with Gasteiger partial charge in [0.25, 0.3) is 0 Å². The number of hydrogen-bond donors (Lipinski definition) is 2. The van der Waals surface area contributed by atoms with Crippen molar-refractivity contribution in [1.29, 1.82) is 0 Å². The molecule has 0 spiro atoms. The SMILES string of the molecule is COc1ccc2c(c1)CC[C@H]1[C@@H]3[C@H](CCCNC(=O)NC4=CC5OCOC5C=C4)CC(=O)[C@@]3(C)CC[C@H]21.[HH].[HH]. The highest BCUT2D eigenvalue weighted by Gasteiger charge is 2.58. The van der Waals surface area contributed by atoms with Crippen molar-refractivity contribution in [3.63, 3.8) is 0 Å². The Bertz CT molecular complexity index is 1140. The Balaban J connectivity index is 0.00000176. The Morgan fingerprint density at radius 2 is 2.11 bits per heavy atom. The first kappa shape index (κ1) is 24.7. The quantitative estimate of drug-likeness (QED) is 0.519. The molecular weight excluding hydrogens is 468 g/mol. The Morgan fingerprint density at radius 1 is 1.24 bits per heavy atom. The van der Waals surface area contributed by atoms with Crippen molar-refractivity contribution < 1.29 is 26.7 Å². The molecule has 7 heteroatoms. The lowest BCUT2D eigenvalue weighted by Crippen LogP contribution is -2.44. The van der Waals surface area contributed by atoms with Gasteiger partial charge in [0.2, 0.25) is 0 Å². The minimum Gasteiger partial charge on any atom is -0.497 e. The average Bonchev–Trinajstić information content (AvgIpc) is 3.47. The zero-order chi connectivity index (χ0) is 25.6. The van der Waals surface area contributed by atoms with Crippen LogP contribution in [0.5, 0.6) is 5.75 Å². The Kier molecular flexibility index (Phi) is 6.61. The van der Waals surface area contributed by atoms with Gasteiger partial charge < -0.3 is 24.8 Å². The number of urea groups is 1. The van der Waals surface area contributed by atoms with Gasteiger partial charge in [-0.3, -0.25) is 4.79 Å². The van der Waals surface area contributed by atoms with E-state index in [1.165, 1.54) is 11.1 Å². The zero-order valence-electron chi connectivity index (χ0n) is 21.8. The molecule has 1 aromatic rings. The Labute approximate surface area is 222 Å². The fourth-order valence-electron chi connectivity index (χ4n) is 7.96. The third-order valence-corrected chi connectivity index (χ3v) is 9.73. The molecule has 7 nitrogen and oxygen atoms in total. The van der Waals surface area contributed by atoms with Crippen molar-refractivity contribution in [3.05, 3.63) is 53.3 Å². The van der Waals surface area contributed by atoms with E-state index >= 15 is 0 Å². The molecule has 2 amide bonds. The number of amides is 2. The second-order valence-corrected chi connectivity index (χ2v) is 11.6. The van der Waals surface area contributed by atoms with Gasteiger partial charge in [0.05, 0.1) is 7.11 Å². The fraction of sp³-hybridized carbons (Fsp3) is 0.600. The number of hydrogen-bond acceptors (Lipinski definition) is 5. The van der Waals surface area contributed by atoms with Crippen LogP contribution >= 0.6 is 0 Å². The third kappa shape index (κ3) is 4.50. The van der Waals surface area contributed by atoms with Gasteiger partial charge in [-0.05, 0) is 97.6 Å².